The number of hydrogen-bond acceptors (Lipinski definition) is 3. The van der Waals surface area contributed by atoms with E-state index in [4.69, 9.17) is 0 Å². The van der Waals surface area contributed by atoms with Crippen LogP contribution in [0.5, 0.6) is 0 Å². The van der Waals surface area contributed by atoms with Crippen LogP contribution in [0.1, 0.15) is 43.2 Å². The molecule has 168 valence electrons. The summed E-state index contributed by atoms with van der Waals surface area (Å²) < 4.78 is 61.6. The summed E-state index contributed by atoms with van der Waals surface area (Å²) in [7, 11) is -5.23. The quantitative estimate of drug-likeness (QED) is 0.521. The maximum absolute atomic E-state index is 12.7. The Morgan fingerprint density at radius 3 is 2.50 bits per heavy atom. The van der Waals surface area contributed by atoms with Gasteiger partial charge in [-0.15, -0.1) is 0 Å². The van der Waals surface area contributed by atoms with Gasteiger partial charge in [-0.1, -0.05) is 24.3 Å². The van der Waals surface area contributed by atoms with Crippen molar-refractivity contribution < 1.29 is 21.6 Å². The van der Waals surface area contributed by atoms with Gasteiger partial charge < -0.3 is 10.6 Å². The summed E-state index contributed by atoms with van der Waals surface area (Å²) in [5.74, 6) is 1.21. The molecule has 6 nitrogen and oxygen atoms in total. The Labute approximate surface area is 176 Å². The molecule has 0 aromatic heterocycles. The van der Waals surface area contributed by atoms with Crippen LogP contribution in [0.2, 0.25) is 0 Å². The fourth-order valence-corrected chi connectivity index (χ4v) is 4.88. The minimum Gasteiger partial charge on any atom is -0.357 e. The molecule has 2 N–H and O–H groups in total. The summed E-state index contributed by atoms with van der Waals surface area (Å²) in [4.78, 5) is 4.61. The Balaban J connectivity index is 1.52. The van der Waals surface area contributed by atoms with Gasteiger partial charge in [0.15, 0.2) is 5.96 Å². The first kappa shape index (κ1) is 22.9. The summed E-state index contributed by atoms with van der Waals surface area (Å²) in [5, 5.41) is 6.66. The van der Waals surface area contributed by atoms with Gasteiger partial charge in [-0.3, -0.25) is 4.99 Å². The zero-order chi connectivity index (χ0) is 21.9. The van der Waals surface area contributed by atoms with E-state index in [1.165, 1.54) is 11.1 Å². The fraction of sp³-hybridized carbons (Fsp3) is 0.650. The molecule has 0 spiro atoms. The molecule has 2 unspecified atom stereocenters. The molecule has 1 aliphatic heterocycles. The minimum absolute atomic E-state index is 0.0616. The Bertz CT molecular complexity index is 865. The van der Waals surface area contributed by atoms with E-state index < -0.39 is 15.5 Å². The van der Waals surface area contributed by atoms with Gasteiger partial charge in [0.05, 0.1) is 0 Å². The molecular weight excluding hydrogens is 417 g/mol. The molecule has 0 bridgehead atoms. The molecule has 10 heteroatoms. The van der Waals surface area contributed by atoms with Crippen LogP contribution in [0.4, 0.5) is 13.2 Å². The monoisotopic (exact) mass is 446 g/mol. The highest BCUT2D eigenvalue weighted by molar-refractivity contribution is 7.90. The zero-order valence-corrected chi connectivity index (χ0v) is 18.1. The number of alkyl halides is 3. The van der Waals surface area contributed by atoms with Crippen LogP contribution in [0.25, 0.3) is 0 Å². The van der Waals surface area contributed by atoms with Crippen LogP contribution in [-0.2, 0) is 10.0 Å². The number of nitrogens with zero attached hydrogens (tertiary/aromatic N) is 2. The largest absolute Gasteiger partial charge is 0.511 e. The van der Waals surface area contributed by atoms with E-state index in [1.54, 1.807) is 0 Å². The molecule has 0 radical (unpaired) electrons. The van der Waals surface area contributed by atoms with E-state index in [-0.39, 0.29) is 19.0 Å². The van der Waals surface area contributed by atoms with Gasteiger partial charge in [0.1, 0.15) is 0 Å². The topological polar surface area (TPSA) is 73.8 Å². The number of hydrogen-bond donors (Lipinski definition) is 2. The van der Waals surface area contributed by atoms with E-state index in [9.17, 15) is 21.6 Å². The van der Waals surface area contributed by atoms with Crippen LogP contribution in [-0.4, -0.2) is 56.4 Å². The smallest absolute Gasteiger partial charge is 0.357 e. The Morgan fingerprint density at radius 1 is 1.23 bits per heavy atom. The van der Waals surface area contributed by atoms with Crippen molar-refractivity contribution in [2.45, 2.75) is 50.6 Å². The molecule has 2 fully saturated rings. The molecule has 0 amide bonds. The highest BCUT2D eigenvalue weighted by atomic mass is 32.2. The van der Waals surface area contributed by atoms with Gasteiger partial charge in [0.2, 0.25) is 0 Å². The Hall–Kier alpha value is -1.81. The maximum Gasteiger partial charge on any atom is 0.511 e. The molecule has 2 aliphatic rings. The number of nitrogens with one attached hydrogen (secondary N) is 2. The van der Waals surface area contributed by atoms with E-state index in [1.807, 2.05) is 19.1 Å². The molecule has 1 aliphatic carbocycles. The van der Waals surface area contributed by atoms with E-state index >= 15 is 0 Å². The van der Waals surface area contributed by atoms with E-state index in [0.717, 1.165) is 6.42 Å². The highest BCUT2D eigenvalue weighted by Gasteiger charge is 2.50. The second-order valence-corrected chi connectivity index (χ2v) is 9.89. The molecule has 2 atom stereocenters. The van der Waals surface area contributed by atoms with Crippen molar-refractivity contribution in [1.29, 1.82) is 0 Å². The summed E-state index contributed by atoms with van der Waals surface area (Å²) >= 11 is 0. The van der Waals surface area contributed by atoms with Gasteiger partial charge in [-0.25, -0.2) is 8.42 Å². The lowest BCUT2D eigenvalue weighted by Crippen LogP contribution is -2.45. The van der Waals surface area contributed by atoms with Gasteiger partial charge in [-0.05, 0) is 50.2 Å². The molecule has 3 rings (SSSR count). The van der Waals surface area contributed by atoms with Crippen LogP contribution in [0.3, 0.4) is 0 Å². The van der Waals surface area contributed by atoms with Gasteiger partial charge in [0, 0.05) is 38.1 Å². The number of sulfonamides is 1. The summed E-state index contributed by atoms with van der Waals surface area (Å²) in [6.45, 7) is 5.00. The lowest BCUT2D eigenvalue weighted by atomic mass is 9.98. The Kier molecular flexibility index (Phi) is 6.96. The molecule has 1 heterocycles. The van der Waals surface area contributed by atoms with Crippen molar-refractivity contribution >= 4 is 16.0 Å². The second-order valence-electron chi connectivity index (χ2n) is 7.96. The SMILES string of the molecule is CCNC(=NCC1CCN(S(=O)(=O)C(F)(F)F)CC1)NC1CC1c1ccccc1C. The average molecular weight is 447 g/mol. The number of rotatable bonds is 6. The predicted octanol–water partition coefficient (Wildman–Crippen LogP) is 2.97. The van der Waals surface area contributed by atoms with Crippen molar-refractivity contribution in [2.24, 2.45) is 10.9 Å². The third-order valence-electron chi connectivity index (χ3n) is 5.76. The Morgan fingerprint density at radius 2 is 1.90 bits per heavy atom. The number of guanidine groups is 1. The number of benzene rings is 1. The van der Waals surface area contributed by atoms with E-state index in [2.05, 4.69) is 34.7 Å². The minimum atomic E-state index is -5.24. The molecular formula is C20H29F3N4O2S. The molecule has 1 aromatic rings. The predicted molar refractivity (Wildman–Crippen MR) is 111 cm³/mol. The zero-order valence-electron chi connectivity index (χ0n) is 17.2. The highest BCUT2D eigenvalue weighted by Crippen LogP contribution is 2.42. The third-order valence-corrected chi connectivity index (χ3v) is 7.39. The summed E-state index contributed by atoms with van der Waals surface area (Å²) in [5.41, 5.74) is -2.63. The molecule has 1 saturated heterocycles. The normalized spacial score (nSPS) is 24.0. The number of aryl methyl sites for hydroxylation is 1. The lowest BCUT2D eigenvalue weighted by molar-refractivity contribution is -0.0496. The molecule has 30 heavy (non-hydrogen) atoms. The molecule has 1 aromatic carbocycles. The summed E-state index contributed by atoms with van der Waals surface area (Å²) in [6.07, 6.45) is 1.77. The van der Waals surface area contributed by atoms with Crippen molar-refractivity contribution in [2.75, 3.05) is 26.2 Å². The average Bonchev–Trinajstić information content (AvgIpc) is 3.45. The van der Waals surface area contributed by atoms with Crippen LogP contribution >= 0.6 is 0 Å². The molecule has 1 saturated carbocycles. The number of halogens is 3. The lowest BCUT2D eigenvalue weighted by Gasteiger charge is -2.30. The standard InChI is InChI=1S/C20H29F3N4O2S/c1-3-24-19(26-18-12-17(18)16-7-5-4-6-14(16)2)25-13-15-8-10-27(11-9-15)30(28,29)20(21,22)23/h4-7,15,17-18H,3,8-13H2,1-2H3,(H2,24,25,26). The first-order valence-electron chi connectivity index (χ1n) is 10.3. The van der Waals surface area contributed by atoms with Gasteiger partial charge in [-0.2, -0.15) is 17.5 Å². The van der Waals surface area contributed by atoms with Gasteiger partial charge in [0.25, 0.3) is 0 Å². The van der Waals surface area contributed by atoms with E-state index in [0.29, 0.717) is 48.2 Å². The fourth-order valence-electron chi connectivity index (χ4n) is 3.90. The van der Waals surface area contributed by atoms with Gasteiger partial charge >= 0.3 is 15.5 Å². The first-order chi connectivity index (χ1) is 14.1. The van der Waals surface area contributed by atoms with Crippen molar-refractivity contribution in [1.82, 2.24) is 14.9 Å². The first-order valence-corrected chi connectivity index (χ1v) is 11.7. The van der Waals surface area contributed by atoms with Crippen LogP contribution in [0, 0.1) is 12.8 Å². The second kappa shape index (κ2) is 9.13. The third kappa shape index (κ3) is 5.26. The number of aliphatic imine (C=N–C) groups is 1. The van der Waals surface area contributed by atoms with Crippen LogP contribution < -0.4 is 10.6 Å². The summed E-state index contributed by atoms with van der Waals surface area (Å²) in [6, 6.07) is 8.63. The van der Waals surface area contributed by atoms with Crippen molar-refractivity contribution in [3.8, 4) is 0 Å². The van der Waals surface area contributed by atoms with Crippen molar-refractivity contribution in [3.63, 3.8) is 0 Å². The number of piperidine rings is 1. The maximum atomic E-state index is 12.7. The van der Waals surface area contributed by atoms with Crippen molar-refractivity contribution in [3.05, 3.63) is 35.4 Å². The van der Waals surface area contributed by atoms with Crippen LogP contribution in [0.15, 0.2) is 29.3 Å².